The van der Waals surface area contributed by atoms with E-state index in [9.17, 15) is 12.8 Å². The molecule has 2 aromatic rings. The lowest BCUT2D eigenvalue weighted by Crippen LogP contribution is -2.17. The molecule has 0 saturated carbocycles. The van der Waals surface area contributed by atoms with E-state index in [4.69, 9.17) is 16.7 Å². The molecular weight excluding hydrogens is 269 g/mol. The minimum absolute atomic E-state index is 0.0773. The predicted octanol–water partition coefficient (Wildman–Crippen LogP) is 1.31. The second-order valence-electron chi connectivity index (χ2n) is 3.20. The Bertz CT molecular complexity index is 669. The fourth-order valence-electron chi connectivity index (χ4n) is 1.34. The molecule has 0 saturated heterocycles. The number of nitrogens with zero attached hydrogens (tertiary/aromatic N) is 2. The van der Waals surface area contributed by atoms with Gasteiger partial charge in [-0.1, -0.05) is 17.7 Å². The van der Waals surface area contributed by atoms with Gasteiger partial charge in [-0.25, -0.2) is 22.6 Å². The highest BCUT2D eigenvalue weighted by Gasteiger charge is 2.18. The molecule has 0 aliphatic rings. The number of rotatable bonds is 2. The third-order valence-corrected chi connectivity index (χ3v) is 3.24. The summed E-state index contributed by atoms with van der Waals surface area (Å²) >= 11 is 5.60. The third kappa shape index (κ3) is 2.17. The number of primary sulfonamides is 1. The van der Waals surface area contributed by atoms with Gasteiger partial charge < -0.3 is 0 Å². The van der Waals surface area contributed by atoms with E-state index in [1.165, 1.54) is 30.5 Å². The van der Waals surface area contributed by atoms with E-state index >= 15 is 0 Å². The molecule has 0 bridgehead atoms. The Morgan fingerprint density at radius 1 is 1.35 bits per heavy atom. The summed E-state index contributed by atoms with van der Waals surface area (Å²) in [6.07, 6.45) is 1.21. The molecule has 17 heavy (non-hydrogen) atoms. The van der Waals surface area contributed by atoms with Crippen molar-refractivity contribution in [2.75, 3.05) is 0 Å². The summed E-state index contributed by atoms with van der Waals surface area (Å²) in [7, 11) is -3.98. The number of halogens is 2. The van der Waals surface area contributed by atoms with Crippen molar-refractivity contribution < 1.29 is 12.8 Å². The summed E-state index contributed by atoms with van der Waals surface area (Å²) in [5, 5.41) is 8.26. The zero-order chi connectivity index (χ0) is 12.6. The standard InChI is InChI=1S/C9H7ClFN3O2S/c10-6-2-1-3-7(9(6)11)14-8(4-5-13-14)17(12,15)16/h1-5H,(H2,12,15,16). The highest BCUT2D eigenvalue weighted by atomic mass is 35.5. The molecule has 1 aromatic carbocycles. The Balaban J connectivity index is 2.71. The fraction of sp³-hybridized carbons (Fsp3) is 0. The van der Waals surface area contributed by atoms with Crippen LogP contribution in [0, 0.1) is 5.82 Å². The molecule has 1 heterocycles. The highest BCUT2D eigenvalue weighted by Crippen LogP contribution is 2.22. The molecule has 90 valence electrons. The SMILES string of the molecule is NS(=O)(=O)c1ccnn1-c1cccc(Cl)c1F. The zero-order valence-electron chi connectivity index (χ0n) is 8.34. The molecule has 0 radical (unpaired) electrons. The van der Waals surface area contributed by atoms with Crippen molar-refractivity contribution in [3.63, 3.8) is 0 Å². The van der Waals surface area contributed by atoms with Gasteiger partial charge in [-0.3, -0.25) is 0 Å². The van der Waals surface area contributed by atoms with Gasteiger partial charge in [-0.15, -0.1) is 0 Å². The van der Waals surface area contributed by atoms with Crippen molar-refractivity contribution in [1.82, 2.24) is 9.78 Å². The lowest BCUT2D eigenvalue weighted by atomic mass is 10.3. The van der Waals surface area contributed by atoms with Gasteiger partial charge in [0, 0.05) is 0 Å². The first-order valence-electron chi connectivity index (χ1n) is 4.42. The minimum Gasteiger partial charge on any atom is -0.223 e. The Kier molecular flexibility index (Phi) is 2.90. The normalized spacial score (nSPS) is 11.7. The van der Waals surface area contributed by atoms with E-state index < -0.39 is 15.8 Å². The maximum atomic E-state index is 13.7. The monoisotopic (exact) mass is 275 g/mol. The van der Waals surface area contributed by atoms with Crippen LogP contribution in [0.5, 0.6) is 0 Å². The van der Waals surface area contributed by atoms with Crippen molar-refractivity contribution in [2.24, 2.45) is 5.14 Å². The van der Waals surface area contributed by atoms with Crippen LogP contribution in [0.15, 0.2) is 35.5 Å². The van der Waals surface area contributed by atoms with Gasteiger partial charge in [0.2, 0.25) is 0 Å². The van der Waals surface area contributed by atoms with E-state index in [0.29, 0.717) is 0 Å². The smallest absolute Gasteiger partial charge is 0.223 e. The van der Waals surface area contributed by atoms with E-state index in [0.717, 1.165) is 4.68 Å². The molecule has 0 amide bonds. The number of sulfonamides is 1. The highest BCUT2D eigenvalue weighted by molar-refractivity contribution is 7.89. The quantitative estimate of drug-likeness (QED) is 0.898. The van der Waals surface area contributed by atoms with Crippen molar-refractivity contribution >= 4 is 21.6 Å². The van der Waals surface area contributed by atoms with Gasteiger partial charge in [0.05, 0.1) is 11.2 Å². The molecule has 5 nitrogen and oxygen atoms in total. The fourth-order valence-corrected chi connectivity index (χ4v) is 2.15. The van der Waals surface area contributed by atoms with Crippen molar-refractivity contribution in [3.8, 4) is 5.69 Å². The van der Waals surface area contributed by atoms with Gasteiger partial charge in [0.15, 0.2) is 10.8 Å². The first-order valence-corrected chi connectivity index (χ1v) is 6.35. The van der Waals surface area contributed by atoms with Crippen LogP contribution >= 0.6 is 11.6 Å². The molecular formula is C9H7ClFN3O2S. The molecule has 8 heteroatoms. The van der Waals surface area contributed by atoms with Gasteiger partial charge in [0.25, 0.3) is 10.0 Å². The number of benzene rings is 1. The van der Waals surface area contributed by atoms with Crippen LogP contribution in [0.2, 0.25) is 5.02 Å². The second kappa shape index (κ2) is 4.10. The number of aromatic nitrogens is 2. The van der Waals surface area contributed by atoms with Gasteiger partial charge in [0.1, 0.15) is 5.69 Å². The number of hydrogen-bond donors (Lipinski definition) is 1. The van der Waals surface area contributed by atoms with Crippen LogP contribution in [0.1, 0.15) is 0 Å². The van der Waals surface area contributed by atoms with Crippen molar-refractivity contribution in [3.05, 3.63) is 41.3 Å². The summed E-state index contributed by atoms with van der Waals surface area (Å²) in [5.74, 6) is -0.761. The van der Waals surface area contributed by atoms with Crippen LogP contribution in [0.25, 0.3) is 5.69 Å². The summed E-state index contributed by atoms with van der Waals surface area (Å²) in [5.41, 5.74) is -0.0773. The van der Waals surface area contributed by atoms with E-state index in [2.05, 4.69) is 5.10 Å². The van der Waals surface area contributed by atoms with E-state index in [-0.39, 0.29) is 15.7 Å². The van der Waals surface area contributed by atoms with Gasteiger partial charge >= 0.3 is 0 Å². The topological polar surface area (TPSA) is 78.0 Å². The van der Waals surface area contributed by atoms with Crippen molar-refractivity contribution in [2.45, 2.75) is 5.03 Å². The molecule has 0 atom stereocenters. The predicted molar refractivity (Wildman–Crippen MR) is 59.9 cm³/mol. The van der Waals surface area contributed by atoms with Gasteiger partial charge in [-0.2, -0.15) is 5.10 Å². The van der Waals surface area contributed by atoms with Crippen LogP contribution in [-0.4, -0.2) is 18.2 Å². The molecule has 2 N–H and O–H groups in total. The Labute approximate surface area is 102 Å². The summed E-state index contributed by atoms with van der Waals surface area (Å²) in [6.45, 7) is 0. The van der Waals surface area contributed by atoms with Crippen LogP contribution in [0.4, 0.5) is 4.39 Å². The van der Waals surface area contributed by atoms with Crippen LogP contribution in [0.3, 0.4) is 0 Å². The van der Waals surface area contributed by atoms with E-state index in [1.807, 2.05) is 0 Å². The molecule has 0 spiro atoms. The molecule has 0 aliphatic carbocycles. The van der Waals surface area contributed by atoms with E-state index in [1.54, 1.807) is 0 Å². The molecule has 0 unspecified atom stereocenters. The second-order valence-corrected chi connectivity index (χ2v) is 5.11. The zero-order valence-corrected chi connectivity index (χ0v) is 9.91. The third-order valence-electron chi connectivity index (χ3n) is 2.06. The summed E-state index contributed by atoms with van der Waals surface area (Å²) in [4.78, 5) is 0. The maximum Gasteiger partial charge on any atom is 0.255 e. The first-order chi connectivity index (χ1) is 7.91. The van der Waals surface area contributed by atoms with Crippen molar-refractivity contribution in [1.29, 1.82) is 0 Å². The lowest BCUT2D eigenvalue weighted by molar-refractivity contribution is 0.578. The van der Waals surface area contributed by atoms with Crippen LogP contribution in [-0.2, 0) is 10.0 Å². The average molecular weight is 276 g/mol. The molecule has 0 aliphatic heterocycles. The Morgan fingerprint density at radius 2 is 2.06 bits per heavy atom. The Morgan fingerprint density at radius 3 is 2.71 bits per heavy atom. The van der Waals surface area contributed by atoms with Gasteiger partial charge in [-0.05, 0) is 18.2 Å². The molecule has 0 fully saturated rings. The maximum absolute atomic E-state index is 13.7. The molecule has 2 rings (SSSR count). The largest absolute Gasteiger partial charge is 0.255 e. The first kappa shape index (κ1) is 12.0. The number of nitrogens with two attached hydrogens (primary N) is 1. The average Bonchev–Trinajstić information content (AvgIpc) is 2.70. The number of hydrogen-bond acceptors (Lipinski definition) is 3. The van der Waals surface area contributed by atoms with Crippen LogP contribution < -0.4 is 5.14 Å². The Hall–Kier alpha value is -1.44. The lowest BCUT2D eigenvalue weighted by Gasteiger charge is -2.07. The summed E-state index contributed by atoms with van der Waals surface area (Å²) in [6, 6.07) is 5.36. The molecule has 1 aromatic heterocycles. The summed E-state index contributed by atoms with van der Waals surface area (Å²) < 4.78 is 37.1. The minimum atomic E-state index is -3.98.